The van der Waals surface area contributed by atoms with Crippen LogP contribution in [0.3, 0.4) is 0 Å². The Bertz CT molecular complexity index is 454. The van der Waals surface area contributed by atoms with Crippen molar-refractivity contribution in [1.82, 2.24) is 4.90 Å². The largest absolute Gasteiger partial charge is 0.444 e. The molecule has 0 heterocycles. The van der Waals surface area contributed by atoms with Crippen molar-refractivity contribution < 1.29 is 9.53 Å². The number of amides is 1. The molecule has 1 aromatic rings. The monoisotopic (exact) mass is 341 g/mol. The van der Waals surface area contributed by atoms with Crippen LogP contribution in [0.5, 0.6) is 0 Å². The van der Waals surface area contributed by atoms with Gasteiger partial charge in [-0.25, -0.2) is 4.79 Å². The summed E-state index contributed by atoms with van der Waals surface area (Å²) in [7, 11) is 1.80. The minimum absolute atomic E-state index is 0.128. The lowest BCUT2D eigenvalue weighted by Gasteiger charge is -2.30. The molecule has 3 nitrogen and oxygen atoms in total. The van der Waals surface area contributed by atoms with E-state index in [2.05, 4.69) is 28.9 Å². The van der Waals surface area contributed by atoms with Crippen molar-refractivity contribution >= 4 is 22.0 Å². The van der Waals surface area contributed by atoms with Gasteiger partial charge in [-0.1, -0.05) is 41.1 Å². The molecule has 1 unspecified atom stereocenters. The fraction of sp³-hybridized carbons (Fsp3) is 0.562. The Balaban J connectivity index is 2.76. The Morgan fingerprint density at radius 2 is 1.95 bits per heavy atom. The van der Waals surface area contributed by atoms with Crippen LogP contribution in [0.4, 0.5) is 4.79 Å². The standard InChI is InChI=1S/C16H24BrNO2/c1-6-13(11-12-9-7-8-10-14(12)17)18(5)15(19)20-16(2,3)4/h7-10,13H,6,11H2,1-5H3. The summed E-state index contributed by atoms with van der Waals surface area (Å²) < 4.78 is 6.51. The van der Waals surface area contributed by atoms with E-state index in [0.717, 1.165) is 17.3 Å². The Morgan fingerprint density at radius 1 is 1.35 bits per heavy atom. The van der Waals surface area contributed by atoms with E-state index in [9.17, 15) is 4.79 Å². The fourth-order valence-electron chi connectivity index (χ4n) is 1.96. The van der Waals surface area contributed by atoms with Crippen molar-refractivity contribution in [3.8, 4) is 0 Å². The summed E-state index contributed by atoms with van der Waals surface area (Å²) in [5.41, 5.74) is 0.742. The zero-order valence-electron chi connectivity index (χ0n) is 12.9. The van der Waals surface area contributed by atoms with Crippen LogP contribution in [-0.4, -0.2) is 29.7 Å². The molecule has 0 N–H and O–H groups in total. The van der Waals surface area contributed by atoms with Crippen molar-refractivity contribution in [2.75, 3.05) is 7.05 Å². The highest BCUT2D eigenvalue weighted by Gasteiger charge is 2.24. The summed E-state index contributed by atoms with van der Waals surface area (Å²) in [6, 6.07) is 8.24. The topological polar surface area (TPSA) is 29.5 Å². The van der Waals surface area contributed by atoms with Crippen LogP contribution in [0, 0.1) is 0 Å². The number of benzene rings is 1. The van der Waals surface area contributed by atoms with Crippen LogP contribution >= 0.6 is 15.9 Å². The predicted molar refractivity (Wildman–Crippen MR) is 85.9 cm³/mol. The maximum atomic E-state index is 12.1. The second kappa shape index (κ2) is 7.11. The van der Waals surface area contributed by atoms with Crippen LogP contribution < -0.4 is 0 Å². The van der Waals surface area contributed by atoms with Crippen LogP contribution in [0.15, 0.2) is 28.7 Å². The zero-order chi connectivity index (χ0) is 15.3. The molecule has 0 aliphatic rings. The van der Waals surface area contributed by atoms with Gasteiger partial charge in [0, 0.05) is 17.6 Å². The Morgan fingerprint density at radius 3 is 2.45 bits per heavy atom. The van der Waals surface area contributed by atoms with Crippen molar-refractivity contribution in [1.29, 1.82) is 0 Å². The highest BCUT2D eigenvalue weighted by molar-refractivity contribution is 9.10. The summed E-state index contributed by atoms with van der Waals surface area (Å²) in [4.78, 5) is 13.8. The molecule has 0 saturated carbocycles. The van der Waals surface area contributed by atoms with Gasteiger partial charge in [0.2, 0.25) is 0 Å². The normalized spacial score (nSPS) is 12.9. The second-order valence-electron chi connectivity index (χ2n) is 5.95. The SMILES string of the molecule is CCC(Cc1ccccc1Br)N(C)C(=O)OC(C)(C)C. The molecule has 1 aromatic carbocycles. The van der Waals surface area contributed by atoms with E-state index < -0.39 is 5.60 Å². The smallest absolute Gasteiger partial charge is 0.410 e. The van der Waals surface area contributed by atoms with Gasteiger partial charge in [-0.15, -0.1) is 0 Å². The van der Waals surface area contributed by atoms with Gasteiger partial charge in [0.15, 0.2) is 0 Å². The highest BCUT2D eigenvalue weighted by atomic mass is 79.9. The third kappa shape index (κ3) is 5.16. The molecule has 0 bridgehead atoms. The van der Waals surface area contributed by atoms with Crippen LogP contribution in [0.1, 0.15) is 39.7 Å². The lowest BCUT2D eigenvalue weighted by atomic mass is 10.0. The molecule has 0 aliphatic carbocycles. The predicted octanol–water partition coefficient (Wildman–Crippen LogP) is 4.64. The van der Waals surface area contributed by atoms with Crippen molar-refractivity contribution in [3.05, 3.63) is 34.3 Å². The molecular weight excluding hydrogens is 318 g/mol. The summed E-state index contributed by atoms with van der Waals surface area (Å²) in [6.07, 6.45) is 1.43. The van der Waals surface area contributed by atoms with Crippen molar-refractivity contribution in [2.45, 2.75) is 52.2 Å². The summed E-state index contributed by atoms with van der Waals surface area (Å²) in [5.74, 6) is 0. The van der Waals surface area contributed by atoms with E-state index in [4.69, 9.17) is 4.74 Å². The number of halogens is 1. The molecule has 0 spiro atoms. The number of rotatable bonds is 4. The summed E-state index contributed by atoms with van der Waals surface area (Å²) >= 11 is 3.55. The molecule has 0 radical (unpaired) electrons. The number of carbonyl (C=O) groups excluding carboxylic acids is 1. The maximum Gasteiger partial charge on any atom is 0.410 e. The molecule has 1 atom stereocenters. The number of nitrogens with zero attached hydrogens (tertiary/aromatic N) is 1. The first kappa shape index (κ1) is 17.0. The Kier molecular flexibility index (Phi) is 6.06. The van der Waals surface area contributed by atoms with Gasteiger partial charge in [-0.3, -0.25) is 0 Å². The zero-order valence-corrected chi connectivity index (χ0v) is 14.5. The molecule has 1 amide bonds. The van der Waals surface area contributed by atoms with E-state index in [-0.39, 0.29) is 12.1 Å². The van der Waals surface area contributed by atoms with Crippen LogP contribution in [0.2, 0.25) is 0 Å². The van der Waals surface area contributed by atoms with E-state index >= 15 is 0 Å². The molecule has 0 saturated heterocycles. The Labute approximate surface area is 130 Å². The molecule has 0 aromatic heterocycles. The highest BCUT2D eigenvalue weighted by Crippen LogP contribution is 2.21. The van der Waals surface area contributed by atoms with Gasteiger partial charge in [0.05, 0.1) is 0 Å². The van der Waals surface area contributed by atoms with Gasteiger partial charge in [0.25, 0.3) is 0 Å². The number of carbonyl (C=O) groups is 1. The molecule has 0 aliphatic heterocycles. The van der Waals surface area contributed by atoms with Gasteiger partial charge in [-0.05, 0) is 45.2 Å². The summed E-state index contributed by atoms with van der Waals surface area (Å²) in [6.45, 7) is 7.73. The van der Waals surface area contributed by atoms with Crippen molar-refractivity contribution in [3.63, 3.8) is 0 Å². The maximum absolute atomic E-state index is 12.1. The quantitative estimate of drug-likeness (QED) is 0.798. The lowest BCUT2D eigenvalue weighted by molar-refractivity contribution is 0.0218. The first-order chi connectivity index (χ1) is 9.24. The first-order valence-corrected chi connectivity index (χ1v) is 7.73. The lowest BCUT2D eigenvalue weighted by Crippen LogP contribution is -2.41. The number of ether oxygens (including phenoxy) is 1. The third-order valence-corrected chi connectivity index (χ3v) is 3.89. The summed E-state index contributed by atoms with van der Waals surface area (Å²) in [5, 5.41) is 0. The third-order valence-electron chi connectivity index (χ3n) is 3.11. The second-order valence-corrected chi connectivity index (χ2v) is 6.80. The molecule has 0 fully saturated rings. The minimum Gasteiger partial charge on any atom is -0.444 e. The molecule has 4 heteroatoms. The molecule has 20 heavy (non-hydrogen) atoms. The average molecular weight is 342 g/mol. The average Bonchev–Trinajstić information content (AvgIpc) is 2.35. The number of hydrogen-bond donors (Lipinski definition) is 0. The van der Waals surface area contributed by atoms with Crippen LogP contribution in [-0.2, 0) is 11.2 Å². The molecule has 112 valence electrons. The molecular formula is C16H24BrNO2. The van der Waals surface area contributed by atoms with Gasteiger partial charge >= 0.3 is 6.09 Å². The van der Waals surface area contributed by atoms with E-state index in [1.165, 1.54) is 5.56 Å². The van der Waals surface area contributed by atoms with Gasteiger partial charge < -0.3 is 9.64 Å². The number of hydrogen-bond acceptors (Lipinski definition) is 2. The van der Waals surface area contributed by atoms with E-state index in [1.54, 1.807) is 11.9 Å². The van der Waals surface area contributed by atoms with Gasteiger partial charge in [0.1, 0.15) is 5.60 Å². The van der Waals surface area contributed by atoms with Crippen LogP contribution in [0.25, 0.3) is 0 Å². The first-order valence-electron chi connectivity index (χ1n) is 6.93. The Hall–Kier alpha value is -1.03. The fourth-order valence-corrected chi connectivity index (χ4v) is 2.40. The molecule has 1 rings (SSSR count). The van der Waals surface area contributed by atoms with Gasteiger partial charge in [-0.2, -0.15) is 0 Å². The van der Waals surface area contributed by atoms with E-state index in [0.29, 0.717) is 0 Å². The number of likely N-dealkylation sites (N-methyl/N-ethyl adjacent to an activating group) is 1. The van der Waals surface area contributed by atoms with E-state index in [1.807, 2.05) is 39.0 Å². The van der Waals surface area contributed by atoms with Crippen molar-refractivity contribution in [2.24, 2.45) is 0 Å². The minimum atomic E-state index is -0.461.